The number of benzene rings is 2. The summed E-state index contributed by atoms with van der Waals surface area (Å²) >= 11 is 11.6. The highest BCUT2D eigenvalue weighted by Crippen LogP contribution is 2.27. The molecule has 0 saturated heterocycles. The number of aromatic hydroxyl groups is 1. The molecule has 88 valence electrons. The lowest BCUT2D eigenvalue weighted by molar-refractivity contribution is 0.469. The van der Waals surface area contributed by atoms with Crippen molar-refractivity contribution in [1.29, 1.82) is 0 Å². The van der Waals surface area contributed by atoms with Crippen LogP contribution >= 0.6 is 23.2 Å². The van der Waals surface area contributed by atoms with Crippen molar-refractivity contribution in [2.24, 2.45) is 0 Å². The Morgan fingerprint density at radius 3 is 2.41 bits per heavy atom. The molecule has 0 bridgehead atoms. The van der Waals surface area contributed by atoms with Gasteiger partial charge in [0.1, 0.15) is 5.75 Å². The molecule has 0 atom stereocenters. The summed E-state index contributed by atoms with van der Waals surface area (Å²) < 4.78 is 0. The Kier molecular flexibility index (Phi) is 3.77. The van der Waals surface area contributed by atoms with Crippen molar-refractivity contribution in [3.63, 3.8) is 0 Å². The summed E-state index contributed by atoms with van der Waals surface area (Å²) in [4.78, 5) is 0. The second-order valence-electron chi connectivity index (χ2n) is 3.61. The fourth-order valence-corrected chi connectivity index (χ4v) is 1.79. The Bertz CT molecular complexity index is 511. The van der Waals surface area contributed by atoms with Gasteiger partial charge in [-0.2, -0.15) is 0 Å². The van der Waals surface area contributed by atoms with Gasteiger partial charge in [0.05, 0.1) is 5.02 Å². The predicted molar refractivity (Wildman–Crippen MR) is 71.9 cm³/mol. The molecule has 0 aliphatic heterocycles. The van der Waals surface area contributed by atoms with Crippen LogP contribution in [0.15, 0.2) is 42.5 Å². The maximum absolute atomic E-state index is 9.73. The van der Waals surface area contributed by atoms with Crippen molar-refractivity contribution in [2.45, 2.75) is 6.54 Å². The number of halogens is 2. The molecule has 0 radical (unpaired) electrons. The molecule has 0 aliphatic carbocycles. The molecular formula is C13H11Cl2NO. The van der Waals surface area contributed by atoms with E-state index in [1.54, 1.807) is 12.1 Å². The summed E-state index contributed by atoms with van der Waals surface area (Å²) in [6.45, 7) is 0.508. The highest BCUT2D eigenvalue weighted by molar-refractivity contribution is 6.32. The first-order chi connectivity index (χ1) is 8.16. The van der Waals surface area contributed by atoms with E-state index in [0.717, 1.165) is 11.3 Å². The van der Waals surface area contributed by atoms with E-state index in [-0.39, 0.29) is 5.75 Å². The lowest BCUT2D eigenvalue weighted by Crippen LogP contribution is -1.99. The number of anilines is 1. The molecule has 0 fully saturated rings. The molecule has 2 rings (SSSR count). The summed E-state index contributed by atoms with van der Waals surface area (Å²) in [6.07, 6.45) is 0. The van der Waals surface area contributed by atoms with E-state index in [2.05, 4.69) is 5.32 Å². The maximum Gasteiger partial charge on any atom is 0.139 e. The summed E-state index contributed by atoms with van der Waals surface area (Å²) in [5, 5.41) is 14.0. The molecule has 0 aliphatic rings. The van der Waals surface area contributed by atoms with Crippen LogP contribution in [0.25, 0.3) is 0 Å². The van der Waals surface area contributed by atoms with Crippen molar-refractivity contribution in [1.82, 2.24) is 0 Å². The molecule has 2 aromatic carbocycles. The third-order valence-corrected chi connectivity index (χ3v) is 2.95. The fraction of sp³-hybridized carbons (Fsp3) is 0.0769. The Morgan fingerprint density at radius 1 is 1.00 bits per heavy atom. The Balaban J connectivity index is 2.07. The van der Waals surface area contributed by atoms with Crippen molar-refractivity contribution >= 4 is 28.9 Å². The van der Waals surface area contributed by atoms with Crippen LogP contribution in [0.5, 0.6) is 5.75 Å². The zero-order valence-electron chi connectivity index (χ0n) is 8.95. The number of hydrogen-bond donors (Lipinski definition) is 2. The first-order valence-corrected chi connectivity index (χ1v) is 5.88. The summed E-state index contributed by atoms with van der Waals surface area (Å²) in [5.41, 5.74) is 1.70. The molecule has 2 N–H and O–H groups in total. The van der Waals surface area contributed by atoms with Crippen LogP contribution in [0.4, 0.5) is 5.69 Å². The predicted octanol–water partition coefficient (Wildman–Crippen LogP) is 4.31. The molecular weight excluding hydrogens is 257 g/mol. The number of rotatable bonds is 3. The standard InChI is InChI=1S/C13H11Cl2NO/c14-10-4-6-11(7-5-10)16-8-9-2-1-3-12(15)13(9)17/h1-7,16-17H,8H2. The number of nitrogens with one attached hydrogen (secondary N) is 1. The quantitative estimate of drug-likeness (QED) is 0.869. The van der Waals surface area contributed by atoms with Gasteiger partial charge in [0.25, 0.3) is 0 Å². The smallest absolute Gasteiger partial charge is 0.139 e. The molecule has 2 aromatic rings. The van der Waals surface area contributed by atoms with Crippen molar-refractivity contribution in [3.8, 4) is 5.75 Å². The number of hydrogen-bond acceptors (Lipinski definition) is 2. The number of phenols is 1. The van der Waals surface area contributed by atoms with E-state index in [4.69, 9.17) is 23.2 Å². The molecule has 0 spiro atoms. The van der Waals surface area contributed by atoms with Gasteiger partial charge >= 0.3 is 0 Å². The van der Waals surface area contributed by atoms with Crippen LogP contribution in [-0.4, -0.2) is 5.11 Å². The topological polar surface area (TPSA) is 32.3 Å². The summed E-state index contributed by atoms with van der Waals surface area (Å²) in [5.74, 6) is 0.121. The average molecular weight is 268 g/mol. The first-order valence-electron chi connectivity index (χ1n) is 5.12. The van der Waals surface area contributed by atoms with Gasteiger partial charge in [-0.3, -0.25) is 0 Å². The van der Waals surface area contributed by atoms with Gasteiger partial charge in [-0.05, 0) is 30.3 Å². The molecule has 0 amide bonds. The van der Waals surface area contributed by atoms with Crippen molar-refractivity contribution in [2.75, 3.05) is 5.32 Å². The minimum Gasteiger partial charge on any atom is -0.506 e. The highest BCUT2D eigenvalue weighted by Gasteiger charge is 2.04. The minimum absolute atomic E-state index is 0.121. The van der Waals surface area contributed by atoms with Crippen molar-refractivity contribution in [3.05, 3.63) is 58.1 Å². The average Bonchev–Trinajstić information content (AvgIpc) is 2.33. The van der Waals surface area contributed by atoms with Crippen molar-refractivity contribution < 1.29 is 5.11 Å². The van der Waals surface area contributed by atoms with Crippen LogP contribution < -0.4 is 5.32 Å². The molecule has 4 heteroatoms. The van der Waals surface area contributed by atoms with Crippen LogP contribution in [0.2, 0.25) is 10.0 Å². The number of para-hydroxylation sites is 1. The molecule has 2 nitrogen and oxygen atoms in total. The molecule has 0 aromatic heterocycles. The lowest BCUT2D eigenvalue weighted by atomic mass is 10.2. The molecule has 0 saturated carbocycles. The van der Waals surface area contributed by atoms with Crippen LogP contribution in [-0.2, 0) is 6.54 Å². The van der Waals surface area contributed by atoms with Crippen LogP contribution in [0, 0.1) is 0 Å². The fourth-order valence-electron chi connectivity index (χ4n) is 1.47. The van der Waals surface area contributed by atoms with Gasteiger partial charge in [-0.1, -0.05) is 35.3 Å². The lowest BCUT2D eigenvalue weighted by Gasteiger charge is -2.09. The number of phenolic OH excluding ortho intramolecular Hbond substituents is 1. The SMILES string of the molecule is Oc1c(Cl)cccc1CNc1ccc(Cl)cc1. The minimum atomic E-state index is 0.121. The molecule has 17 heavy (non-hydrogen) atoms. The third kappa shape index (κ3) is 3.05. The molecule has 0 heterocycles. The van der Waals surface area contributed by atoms with Crippen LogP contribution in [0.3, 0.4) is 0 Å². The van der Waals surface area contributed by atoms with Gasteiger partial charge in [0.2, 0.25) is 0 Å². The van der Waals surface area contributed by atoms with E-state index in [1.807, 2.05) is 30.3 Å². The van der Waals surface area contributed by atoms with Gasteiger partial charge in [-0.25, -0.2) is 0 Å². The summed E-state index contributed by atoms with van der Waals surface area (Å²) in [6, 6.07) is 12.7. The first kappa shape index (κ1) is 12.1. The maximum atomic E-state index is 9.73. The van der Waals surface area contributed by atoms with E-state index in [1.165, 1.54) is 0 Å². The normalized spacial score (nSPS) is 10.2. The van der Waals surface area contributed by atoms with Gasteiger partial charge in [-0.15, -0.1) is 0 Å². The second kappa shape index (κ2) is 5.30. The largest absolute Gasteiger partial charge is 0.506 e. The Labute approximate surface area is 110 Å². The zero-order chi connectivity index (χ0) is 12.3. The van der Waals surface area contributed by atoms with Gasteiger partial charge in [0, 0.05) is 22.8 Å². The van der Waals surface area contributed by atoms with Crippen LogP contribution in [0.1, 0.15) is 5.56 Å². The zero-order valence-corrected chi connectivity index (χ0v) is 10.5. The Morgan fingerprint density at radius 2 is 1.71 bits per heavy atom. The highest BCUT2D eigenvalue weighted by atomic mass is 35.5. The van der Waals surface area contributed by atoms with E-state index < -0.39 is 0 Å². The monoisotopic (exact) mass is 267 g/mol. The Hall–Kier alpha value is -1.38. The van der Waals surface area contributed by atoms with E-state index in [9.17, 15) is 5.11 Å². The second-order valence-corrected chi connectivity index (χ2v) is 4.45. The summed E-state index contributed by atoms with van der Waals surface area (Å²) in [7, 11) is 0. The third-order valence-electron chi connectivity index (χ3n) is 2.40. The van der Waals surface area contributed by atoms with Gasteiger partial charge in [0.15, 0.2) is 0 Å². The van der Waals surface area contributed by atoms with E-state index >= 15 is 0 Å². The van der Waals surface area contributed by atoms with Gasteiger partial charge < -0.3 is 10.4 Å². The van der Waals surface area contributed by atoms with E-state index in [0.29, 0.717) is 16.6 Å². The molecule has 0 unspecified atom stereocenters.